The van der Waals surface area contributed by atoms with Crippen LogP contribution >= 0.6 is 0 Å². The second-order valence-corrected chi connectivity index (χ2v) is 11.1. The van der Waals surface area contributed by atoms with E-state index in [4.69, 9.17) is 11.3 Å². The van der Waals surface area contributed by atoms with Gasteiger partial charge in [-0.1, -0.05) is 56.3 Å². The molecule has 3 heteroatoms. The van der Waals surface area contributed by atoms with Crippen LogP contribution in [0.1, 0.15) is 50.3 Å². The lowest BCUT2D eigenvalue weighted by molar-refractivity contribution is -0.659. The van der Waals surface area contributed by atoms with E-state index in [1.54, 1.807) is 0 Å². The Kier molecular flexibility index (Phi) is 4.89. The molecule has 0 aliphatic carbocycles. The summed E-state index contributed by atoms with van der Waals surface area (Å²) < 4.78 is 9.12. The van der Waals surface area contributed by atoms with Gasteiger partial charge in [0.25, 0.3) is 0 Å². The van der Waals surface area contributed by atoms with Crippen LogP contribution in [0.3, 0.4) is 0 Å². The summed E-state index contributed by atoms with van der Waals surface area (Å²) in [6.07, 6.45) is 2.90. The Hall–Kier alpha value is -3.90. The summed E-state index contributed by atoms with van der Waals surface area (Å²) in [5.74, 6) is 2.23. The summed E-state index contributed by atoms with van der Waals surface area (Å²) >= 11 is 0. The SMILES string of the molecule is [C-]#[N+]C(C)(C)Cc1ccc2cc3c4c([n+](C)ccc4c2c1)-c1c(c(C(C)C)c2ccccc2c1C)O3. The minimum Gasteiger partial charge on any atom is -0.455 e. The number of pyridine rings is 1. The van der Waals surface area contributed by atoms with Crippen LogP contribution in [0.4, 0.5) is 0 Å². The number of fused-ring (bicyclic) bond motifs is 5. The molecule has 1 aromatic heterocycles. The molecule has 0 atom stereocenters. The number of aromatic nitrogens is 1. The van der Waals surface area contributed by atoms with Gasteiger partial charge < -0.3 is 9.58 Å². The van der Waals surface area contributed by atoms with Gasteiger partial charge in [-0.05, 0) is 51.6 Å². The van der Waals surface area contributed by atoms with Gasteiger partial charge in [0.2, 0.25) is 11.2 Å². The maximum Gasteiger partial charge on any atom is 0.231 e. The zero-order valence-electron chi connectivity index (χ0n) is 21.9. The maximum atomic E-state index is 7.56. The van der Waals surface area contributed by atoms with E-state index in [1.807, 2.05) is 13.8 Å². The van der Waals surface area contributed by atoms with Crippen molar-refractivity contribution in [1.29, 1.82) is 0 Å². The van der Waals surface area contributed by atoms with E-state index in [0.29, 0.717) is 5.92 Å². The van der Waals surface area contributed by atoms with E-state index in [1.165, 1.54) is 49.5 Å². The van der Waals surface area contributed by atoms with E-state index in [9.17, 15) is 0 Å². The zero-order valence-corrected chi connectivity index (χ0v) is 21.9. The smallest absolute Gasteiger partial charge is 0.231 e. The van der Waals surface area contributed by atoms with E-state index >= 15 is 0 Å². The van der Waals surface area contributed by atoms with Crippen molar-refractivity contribution in [3.05, 3.63) is 88.9 Å². The van der Waals surface area contributed by atoms with Gasteiger partial charge in [-0.2, -0.15) is 0 Å². The summed E-state index contributed by atoms with van der Waals surface area (Å²) in [5, 5.41) is 7.29. The van der Waals surface area contributed by atoms with Crippen molar-refractivity contribution in [1.82, 2.24) is 0 Å². The summed E-state index contributed by atoms with van der Waals surface area (Å²) in [5.41, 5.74) is 5.71. The molecule has 0 fully saturated rings. The van der Waals surface area contributed by atoms with Crippen LogP contribution in [0, 0.1) is 13.5 Å². The largest absolute Gasteiger partial charge is 0.455 e. The predicted octanol–water partition coefficient (Wildman–Crippen LogP) is 8.42. The van der Waals surface area contributed by atoms with E-state index in [2.05, 4.69) is 98.0 Å². The molecular formula is C33H31N2O+. The quantitative estimate of drug-likeness (QED) is 0.144. The average Bonchev–Trinajstić information content (AvgIpc) is 2.85. The van der Waals surface area contributed by atoms with Crippen LogP contribution in [-0.4, -0.2) is 5.54 Å². The lowest BCUT2D eigenvalue weighted by Crippen LogP contribution is -2.32. The molecule has 0 unspecified atom stereocenters. The molecule has 0 N–H and O–H groups in total. The normalized spacial score (nSPS) is 12.7. The van der Waals surface area contributed by atoms with Gasteiger partial charge in [0, 0.05) is 30.9 Å². The lowest BCUT2D eigenvalue weighted by Gasteiger charge is -2.27. The number of nitrogens with zero attached hydrogens (tertiary/aromatic N) is 2. The second kappa shape index (κ2) is 7.80. The first-order valence-corrected chi connectivity index (χ1v) is 12.7. The molecule has 3 nitrogen and oxygen atoms in total. The Morgan fingerprint density at radius 1 is 0.972 bits per heavy atom. The summed E-state index contributed by atoms with van der Waals surface area (Å²) in [4.78, 5) is 3.83. The van der Waals surface area contributed by atoms with Gasteiger partial charge >= 0.3 is 0 Å². The Morgan fingerprint density at radius 2 is 1.72 bits per heavy atom. The van der Waals surface area contributed by atoms with E-state index < -0.39 is 5.54 Å². The van der Waals surface area contributed by atoms with Crippen LogP contribution in [0.25, 0.3) is 48.4 Å². The van der Waals surface area contributed by atoms with Crippen molar-refractivity contribution >= 4 is 32.3 Å². The minimum absolute atomic E-state index is 0.323. The molecule has 0 radical (unpaired) electrons. The number of rotatable bonds is 3. The molecular weight excluding hydrogens is 440 g/mol. The first kappa shape index (κ1) is 22.6. The van der Waals surface area contributed by atoms with Crippen LogP contribution in [0.5, 0.6) is 11.5 Å². The van der Waals surface area contributed by atoms with Gasteiger partial charge in [-0.3, -0.25) is 0 Å². The number of aryl methyl sites for hydroxylation is 2. The zero-order chi connectivity index (χ0) is 25.4. The van der Waals surface area contributed by atoms with Crippen LogP contribution in [0.15, 0.2) is 60.8 Å². The van der Waals surface area contributed by atoms with Crippen molar-refractivity contribution in [2.45, 2.75) is 52.5 Å². The molecule has 0 saturated carbocycles. The summed E-state index contributed by atoms with van der Waals surface area (Å²) in [6.45, 7) is 18.3. The van der Waals surface area contributed by atoms with Gasteiger partial charge in [-0.15, -0.1) is 0 Å². The van der Waals surface area contributed by atoms with Crippen molar-refractivity contribution in [2.75, 3.05) is 0 Å². The van der Waals surface area contributed by atoms with Gasteiger partial charge in [-0.25, -0.2) is 11.1 Å². The summed E-state index contributed by atoms with van der Waals surface area (Å²) in [7, 11) is 2.14. The third-order valence-corrected chi connectivity index (χ3v) is 7.70. The lowest BCUT2D eigenvalue weighted by atomic mass is 9.84. The first-order chi connectivity index (χ1) is 17.2. The third kappa shape index (κ3) is 3.21. The fourth-order valence-corrected chi connectivity index (χ4v) is 6.01. The number of benzene rings is 4. The fourth-order valence-electron chi connectivity index (χ4n) is 6.01. The maximum absolute atomic E-state index is 7.56. The molecule has 6 rings (SSSR count). The Morgan fingerprint density at radius 3 is 2.44 bits per heavy atom. The molecule has 0 saturated heterocycles. The molecule has 0 amide bonds. The molecule has 1 aliphatic heterocycles. The second-order valence-electron chi connectivity index (χ2n) is 11.1. The predicted molar refractivity (Wildman–Crippen MR) is 149 cm³/mol. The number of hydrogen-bond donors (Lipinski definition) is 0. The molecule has 0 spiro atoms. The summed E-state index contributed by atoms with van der Waals surface area (Å²) in [6, 6.07) is 19.7. The highest BCUT2D eigenvalue weighted by Gasteiger charge is 2.34. The topological polar surface area (TPSA) is 17.5 Å². The van der Waals surface area contributed by atoms with E-state index in [-0.39, 0.29) is 0 Å². The van der Waals surface area contributed by atoms with E-state index in [0.717, 1.165) is 28.7 Å². The number of ether oxygens (including phenoxy) is 1. The molecule has 1 aliphatic rings. The third-order valence-electron chi connectivity index (χ3n) is 7.70. The Bertz CT molecular complexity index is 1770. The van der Waals surface area contributed by atoms with Gasteiger partial charge in [0.05, 0.1) is 17.4 Å². The monoisotopic (exact) mass is 471 g/mol. The molecule has 2 heterocycles. The molecule has 0 bridgehead atoms. The molecule has 178 valence electrons. The average molecular weight is 472 g/mol. The van der Waals surface area contributed by atoms with Gasteiger partial charge in [0.1, 0.15) is 18.5 Å². The highest BCUT2D eigenvalue weighted by Crippen LogP contribution is 2.53. The van der Waals surface area contributed by atoms with Crippen molar-refractivity contribution in [3.8, 4) is 22.8 Å². The van der Waals surface area contributed by atoms with Crippen molar-refractivity contribution in [3.63, 3.8) is 0 Å². The van der Waals surface area contributed by atoms with Crippen LogP contribution < -0.4 is 9.30 Å². The van der Waals surface area contributed by atoms with Crippen molar-refractivity contribution in [2.24, 2.45) is 7.05 Å². The standard InChI is InChI=1S/C33H31N2O/c1-19(2)28-24-11-9-8-10-23(24)20(3)29-31-30-25(14-15-35(31)7)26-16-21(18-33(4,5)34-6)12-13-22(26)17-27(30)36-32(28)29/h8-17,19H,18H2,1-5,7H3/q+1. The highest BCUT2D eigenvalue weighted by atomic mass is 16.5. The molecule has 5 aromatic rings. The first-order valence-electron chi connectivity index (χ1n) is 12.7. The Labute approximate surface area is 212 Å². The van der Waals surface area contributed by atoms with Crippen molar-refractivity contribution < 1.29 is 9.30 Å². The van der Waals surface area contributed by atoms with Gasteiger partial charge in [0.15, 0.2) is 6.20 Å². The fraction of sp³-hybridized carbons (Fsp3) is 0.273. The molecule has 36 heavy (non-hydrogen) atoms. The van der Waals surface area contributed by atoms with Crippen LogP contribution in [-0.2, 0) is 13.5 Å². The Balaban J connectivity index is 1.73. The number of hydrogen-bond acceptors (Lipinski definition) is 1. The minimum atomic E-state index is -0.417. The highest BCUT2D eigenvalue weighted by molar-refractivity contribution is 6.16. The molecule has 4 aromatic carbocycles. The van der Waals surface area contributed by atoms with Crippen LogP contribution in [0.2, 0.25) is 0 Å².